The molecule has 0 saturated carbocycles. The van der Waals surface area contributed by atoms with Gasteiger partial charge in [0.15, 0.2) is 17.5 Å². The van der Waals surface area contributed by atoms with E-state index < -0.39 is 83.6 Å². The average Bonchev–Trinajstić information content (AvgIpc) is 3.74. The zero-order valence-corrected chi connectivity index (χ0v) is 29.0. The largest absolute Gasteiger partial charge is 0.309 e. The third kappa shape index (κ3) is 6.06. The quantitative estimate of drug-likeness (QED) is 0.165. The molecule has 0 N–H and O–H groups in total. The molecule has 0 aliphatic heterocycles. The van der Waals surface area contributed by atoms with Gasteiger partial charge < -0.3 is 4.57 Å². The Morgan fingerprint density at radius 1 is 0.364 bits per heavy atom. The van der Waals surface area contributed by atoms with Gasteiger partial charge in [-0.3, -0.25) is 0 Å². The molecular weight excluding hydrogens is 669 g/mol. The van der Waals surface area contributed by atoms with E-state index in [0.29, 0.717) is 39.9 Å². The highest BCUT2D eigenvalue weighted by Gasteiger charge is 2.19. The van der Waals surface area contributed by atoms with Crippen LogP contribution < -0.4 is 0 Å². The Balaban J connectivity index is 1.27. The van der Waals surface area contributed by atoms with Crippen molar-refractivity contribution in [3.63, 3.8) is 0 Å². The van der Waals surface area contributed by atoms with Gasteiger partial charge in [0.05, 0.1) is 33.2 Å². The number of benzene rings is 8. The van der Waals surface area contributed by atoms with Crippen molar-refractivity contribution in [3.8, 4) is 73.2 Å². The monoisotopic (exact) mass is 714 g/mol. The summed E-state index contributed by atoms with van der Waals surface area (Å²) in [5.41, 5.74) is 4.49. The minimum absolute atomic E-state index is 0.0855. The van der Waals surface area contributed by atoms with Crippen LogP contribution in [0.3, 0.4) is 0 Å². The second-order valence-corrected chi connectivity index (χ2v) is 12.7. The maximum atomic E-state index is 9.63. The molecule has 4 nitrogen and oxygen atoms in total. The highest BCUT2D eigenvalue weighted by Crippen LogP contribution is 2.39. The van der Waals surface area contributed by atoms with Crippen LogP contribution in [0.1, 0.15) is 16.4 Å². The highest BCUT2D eigenvalue weighted by atomic mass is 15.0. The third-order valence-electron chi connectivity index (χ3n) is 9.38. The van der Waals surface area contributed by atoms with Crippen LogP contribution in [0.15, 0.2) is 206 Å². The van der Waals surface area contributed by atoms with Crippen LogP contribution in [0.5, 0.6) is 0 Å². The summed E-state index contributed by atoms with van der Waals surface area (Å²) >= 11 is 0. The van der Waals surface area contributed by atoms with Crippen molar-refractivity contribution < 1.29 is 16.4 Å². The van der Waals surface area contributed by atoms with Crippen molar-refractivity contribution in [3.05, 3.63) is 206 Å². The predicted octanol–water partition coefficient (Wildman–Crippen LogP) is 13.0. The minimum Gasteiger partial charge on any atom is -0.309 e. The van der Waals surface area contributed by atoms with Crippen molar-refractivity contribution in [1.82, 2.24) is 19.5 Å². The zero-order valence-electron chi connectivity index (χ0n) is 41.0. The Morgan fingerprint density at radius 3 is 1.65 bits per heavy atom. The van der Waals surface area contributed by atoms with Gasteiger partial charge in [-0.15, -0.1) is 0 Å². The molecule has 0 radical (unpaired) electrons. The minimum atomic E-state index is -0.694. The molecule has 0 bridgehead atoms. The molecule has 55 heavy (non-hydrogen) atoms. The Hall–Kier alpha value is -7.43. The molecular formula is C51H34N4. The normalized spacial score (nSPS) is 14.3. The molecule has 0 spiro atoms. The predicted molar refractivity (Wildman–Crippen MR) is 227 cm³/mol. The van der Waals surface area contributed by atoms with Gasteiger partial charge in [0.1, 0.15) is 0 Å². The summed E-state index contributed by atoms with van der Waals surface area (Å²) in [4.78, 5) is 15.0. The summed E-state index contributed by atoms with van der Waals surface area (Å²) in [7, 11) is 0. The highest BCUT2D eigenvalue weighted by molar-refractivity contribution is 6.11. The SMILES string of the molecule is [2H]c1c([2H])c([2H])c(-c2c([2H])c([2H])c3c(c2[2H])c2c([2H])c([2H])c([2H])c([2H])c2n3-c2ccc(-c3nc(-c4ccccc4)nc(-c4cccc(-c5ccccc5)c4)n3)cc2-c2ccccc2)c([2H])c1[2H]. The molecule has 4 heteroatoms. The Bertz CT molecular complexity index is 3630. The molecule has 258 valence electrons. The van der Waals surface area contributed by atoms with E-state index in [4.69, 9.17) is 24.5 Å². The molecule has 0 unspecified atom stereocenters. The van der Waals surface area contributed by atoms with Crippen LogP contribution in [-0.2, 0) is 0 Å². The fourth-order valence-electron chi connectivity index (χ4n) is 6.79. The first kappa shape index (κ1) is 21.9. The lowest BCUT2D eigenvalue weighted by atomic mass is 9.99. The van der Waals surface area contributed by atoms with Crippen LogP contribution in [0, 0.1) is 0 Å². The van der Waals surface area contributed by atoms with Crippen molar-refractivity contribution in [2.45, 2.75) is 0 Å². The number of fused-ring (bicyclic) bond motifs is 3. The van der Waals surface area contributed by atoms with E-state index in [-0.39, 0.29) is 21.8 Å². The summed E-state index contributed by atoms with van der Waals surface area (Å²) in [5.74, 6) is 1.17. The fraction of sp³-hybridized carbons (Fsp3) is 0. The lowest BCUT2D eigenvalue weighted by Gasteiger charge is -2.16. The molecule has 0 amide bonds. The van der Waals surface area contributed by atoms with Crippen molar-refractivity contribution in [1.29, 1.82) is 0 Å². The Labute approximate surface area is 336 Å². The molecule has 10 rings (SSSR count). The van der Waals surface area contributed by atoms with Crippen LogP contribution in [0.25, 0.3) is 95.0 Å². The number of hydrogen-bond acceptors (Lipinski definition) is 3. The van der Waals surface area contributed by atoms with E-state index in [2.05, 4.69) is 0 Å². The van der Waals surface area contributed by atoms with Gasteiger partial charge in [-0.1, -0.05) is 164 Å². The van der Waals surface area contributed by atoms with Crippen LogP contribution in [0.4, 0.5) is 0 Å². The van der Waals surface area contributed by atoms with Gasteiger partial charge in [0.25, 0.3) is 0 Å². The first-order valence-corrected chi connectivity index (χ1v) is 17.6. The molecule has 0 saturated heterocycles. The van der Waals surface area contributed by atoms with Crippen molar-refractivity contribution in [2.24, 2.45) is 0 Å². The first-order chi connectivity index (χ1) is 32.3. The topological polar surface area (TPSA) is 43.6 Å². The number of rotatable bonds is 7. The molecule has 0 aliphatic carbocycles. The summed E-state index contributed by atoms with van der Waals surface area (Å²) in [6.45, 7) is 0. The standard InChI is InChI=1S/C51H34N4/c1-5-16-35(17-6-1)39-24-15-25-41(32-39)50-52-49(38-22-11-4-12-23-38)53-51(54-50)42-29-31-47(44(34-42)37-20-9-3-10-21-37)55-46-27-14-13-26-43(46)45-33-40(28-30-48(45)55)36-18-7-2-8-19-36/h1-34H/i2D,7D,8D,13D,14D,18D,19D,26D,27D,28D,30D,33D. The smallest absolute Gasteiger partial charge is 0.164 e. The molecule has 2 aromatic heterocycles. The zero-order chi connectivity index (χ0) is 47.0. The van der Waals surface area contributed by atoms with E-state index in [1.807, 2.05) is 121 Å². The van der Waals surface area contributed by atoms with Crippen LogP contribution >= 0.6 is 0 Å². The summed E-state index contributed by atoms with van der Waals surface area (Å²) < 4.78 is 108. The maximum Gasteiger partial charge on any atom is 0.164 e. The van der Waals surface area contributed by atoms with Crippen LogP contribution in [-0.4, -0.2) is 19.5 Å². The molecule has 10 aromatic rings. The first-order valence-electron chi connectivity index (χ1n) is 23.6. The van der Waals surface area contributed by atoms with Gasteiger partial charge in [-0.25, -0.2) is 15.0 Å². The summed E-state index contributed by atoms with van der Waals surface area (Å²) in [5, 5.41) is -0.288. The van der Waals surface area contributed by atoms with Gasteiger partial charge in [-0.05, 0) is 70.2 Å². The third-order valence-corrected chi connectivity index (χ3v) is 9.38. The molecule has 8 aromatic carbocycles. The van der Waals surface area contributed by atoms with Gasteiger partial charge >= 0.3 is 0 Å². The number of nitrogens with zero attached hydrogens (tertiary/aromatic N) is 4. The van der Waals surface area contributed by atoms with E-state index >= 15 is 0 Å². The maximum absolute atomic E-state index is 9.63. The van der Waals surface area contributed by atoms with E-state index in [0.717, 1.165) is 22.3 Å². The second kappa shape index (κ2) is 13.8. The van der Waals surface area contributed by atoms with Crippen molar-refractivity contribution in [2.75, 3.05) is 0 Å². The molecule has 0 atom stereocenters. The van der Waals surface area contributed by atoms with Gasteiger partial charge in [0, 0.05) is 33.0 Å². The number of para-hydroxylation sites is 1. The lowest BCUT2D eigenvalue weighted by Crippen LogP contribution is -2.02. The van der Waals surface area contributed by atoms with Crippen molar-refractivity contribution >= 4 is 21.8 Å². The number of aromatic nitrogens is 4. The summed E-state index contributed by atoms with van der Waals surface area (Å²) in [6, 6.07) is 34.7. The Kier molecular flexibility index (Phi) is 5.52. The number of hydrogen-bond donors (Lipinski definition) is 0. The molecule has 0 aliphatic rings. The van der Waals surface area contributed by atoms with Gasteiger partial charge in [0.2, 0.25) is 0 Å². The Morgan fingerprint density at radius 2 is 0.927 bits per heavy atom. The average molecular weight is 715 g/mol. The van der Waals surface area contributed by atoms with E-state index in [1.54, 1.807) is 12.1 Å². The molecule has 0 fully saturated rings. The second-order valence-electron chi connectivity index (χ2n) is 12.7. The van der Waals surface area contributed by atoms with Gasteiger partial charge in [-0.2, -0.15) is 0 Å². The van der Waals surface area contributed by atoms with Crippen LogP contribution in [0.2, 0.25) is 0 Å². The lowest BCUT2D eigenvalue weighted by molar-refractivity contribution is 1.07. The fourth-order valence-corrected chi connectivity index (χ4v) is 6.79. The summed E-state index contributed by atoms with van der Waals surface area (Å²) in [6.07, 6.45) is 0. The van der Waals surface area contributed by atoms with E-state index in [1.165, 1.54) is 4.57 Å². The van der Waals surface area contributed by atoms with E-state index in [9.17, 15) is 6.85 Å². The molecule has 2 heterocycles.